The molecule has 4 atom stereocenters. The highest BCUT2D eigenvalue weighted by Gasteiger charge is 2.50. The molecule has 2 N–H and O–H groups in total. The Labute approximate surface area is 114 Å². The van der Waals surface area contributed by atoms with E-state index in [1.165, 1.54) is 6.92 Å². The summed E-state index contributed by atoms with van der Waals surface area (Å²) in [6.07, 6.45) is 0.319. The lowest BCUT2D eigenvalue weighted by Gasteiger charge is -2.39. The van der Waals surface area contributed by atoms with Crippen molar-refractivity contribution in [1.82, 2.24) is 0 Å². The Morgan fingerprint density at radius 2 is 1.90 bits per heavy atom. The van der Waals surface area contributed by atoms with Gasteiger partial charge in [0.1, 0.15) is 0 Å². The molecule has 0 bridgehead atoms. The molecule has 1 heterocycles. The lowest BCUT2D eigenvalue weighted by Crippen LogP contribution is -2.42. The second-order valence-electron chi connectivity index (χ2n) is 5.91. The summed E-state index contributed by atoms with van der Waals surface area (Å²) < 4.78 is 4.48. The van der Waals surface area contributed by atoms with Gasteiger partial charge in [-0.15, -0.1) is 0 Å². The number of carbonyl (C=O) groups excluding carboxylic acids is 2. The van der Waals surface area contributed by atoms with Gasteiger partial charge < -0.3 is 14.9 Å². The Morgan fingerprint density at radius 3 is 2.35 bits per heavy atom. The molecule has 7 nitrogen and oxygen atoms in total. The molecule has 0 aromatic rings. The number of hydrogen-bond donors (Lipinski definition) is 2. The number of ether oxygens (including phenoxy) is 1. The molecule has 1 saturated carbocycles. The van der Waals surface area contributed by atoms with E-state index >= 15 is 0 Å². The molecule has 2 aliphatic rings. The number of hydrogen-bond acceptors (Lipinski definition) is 5. The fourth-order valence-electron chi connectivity index (χ4n) is 3.26. The monoisotopic (exact) mass is 284 g/mol. The normalized spacial score (nSPS) is 37.5. The highest BCUT2D eigenvalue weighted by atomic mass is 16.6. The molecule has 4 unspecified atom stereocenters. The molecule has 0 spiro atoms. The van der Waals surface area contributed by atoms with Crippen LogP contribution in [0.3, 0.4) is 0 Å². The molecular weight excluding hydrogens is 268 g/mol. The van der Waals surface area contributed by atoms with Gasteiger partial charge in [0.25, 0.3) is 0 Å². The molecule has 2 fully saturated rings. The van der Waals surface area contributed by atoms with E-state index in [-0.39, 0.29) is 25.7 Å². The third-order valence-corrected chi connectivity index (χ3v) is 4.34. The first-order valence-electron chi connectivity index (χ1n) is 6.43. The van der Waals surface area contributed by atoms with Gasteiger partial charge in [0.2, 0.25) is 0 Å². The van der Waals surface area contributed by atoms with Crippen LogP contribution in [0.1, 0.15) is 32.6 Å². The van der Waals surface area contributed by atoms with Crippen LogP contribution in [0, 0.1) is 23.2 Å². The predicted molar refractivity (Wildman–Crippen MR) is 63.4 cm³/mol. The zero-order chi connectivity index (χ0) is 15.1. The molecule has 7 heteroatoms. The van der Waals surface area contributed by atoms with Gasteiger partial charge in [-0.05, 0) is 32.1 Å². The van der Waals surface area contributed by atoms with Crippen molar-refractivity contribution in [2.24, 2.45) is 23.2 Å². The number of aliphatic carboxylic acids is 2. The van der Waals surface area contributed by atoms with E-state index in [0.717, 1.165) is 0 Å². The van der Waals surface area contributed by atoms with Crippen molar-refractivity contribution in [3.05, 3.63) is 0 Å². The van der Waals surface area contributed by atoms with Crippen LogP contribution >= 0.6 is 0 Å². The van der Waals surface area contributed by atoms with Crippen LogP contribution in [-0.2, 0) is 23.9 Å². The summed E-state index contributed by atoms with van der Waals surface area (Å²) in [5.41, 5.74) is -1.20. The minimum atomic E-state index is -1.20. The number of rotatable bonds is 3. The van der Waals surface area contributed by atoms with E-state index in [1.54, 1.807) is 0 Å². The molecule has 2 rings (SSSR count). The maximum absolute atomic E-state index is 11.6. The van der Waals surface area contributed by atoms with E-state index in [1.807, 2.05) is 0 Å². The highest BCUT2D eigenvalue weighted by Crippen LogP contribution is 2.47. The fraction of sp³-hybridized carbons (Fsp3) is 0.692. The molecular formula is C13H16O7. The summed E-state index contributed by atoms with van der Waals surface area (Å²) in [6, 6.07) is 0. The van der Waals surface area contributed by atoms with Gasteiger partial charge in [-0.2, -0.15) is 0 Å². The second-order valence-corrected chi connectivity index (χ2v) is 5.91. The lowest BCUT2D eigenvalue weighted by atomic mass is 9.63. The quantitative estimate of drug-likeness (QED) is 0.577. The SMILES string of the molecule is CC1(C(=O)O)CC(C(=O)O)CC(C2CC(=O)OC2=O)C1. The maximum atomic E-state index is 11.6. The number of carboxylic acid groups (broad SMARTS) is 2. The van der Waals surface area contributed by atoms with Crippen LogP contribution in [0.5, 0.6) is 0 Å². The number of esters is 2. The van der Waals surface area contributed by atoms with Crippen LogP contribution in [0.2, 0.25) is 0 Å². The van der Waals surface area contributed by atoms with Crippen molar-refractivity contribution in [2.75, 3.05) is 0 Å². The first-order chi connectivity index (χ1) is 9.23. The molecule has 1 aliphatic heterocycles. The van der Waals surface area contributed by atoms with E-state index in [0.29, 0.717) is 0 Å². The van der Waals surface area contributed by atoms with Gasteiger partial charge in [0, 0.05) is 0 Å². The number of cyclic esters (lactones) is 2. The van der Waals surface area contributed by atoms with Crippen molar-refractivity contribution in [3.8, 4) is 0 Å². The molecule has 110 valence electrons. The van der Waals surface area contributed by atoms with Crippen LogP contribution < -0.4 is 0 Å². The fourth-order valence-corrected chi connectivity index (χ4v) is 3.26. The Hall–Kier alpha value is -1.92. The second kappa shape index (κ2) is 4.88. The Bertz CT molecular complexity index is 483. The van der Waals surface area contributed by atoms with Gasteiger partial charge in [-0.25, -0.2) is 0 Å². The third-order valence-electron chi connectivity index (χ3n) is 4.34. The topological polar surface area (TPSA) is 118 Å². The molecule has 1 aliphatic carbocycles. The van der Waals surface area contributed by atoms with Crippen LogP contribution in [-0.4, -0.2) is 34.1 Å². The first-order valence-corrected chi connectivity index (χ1v) is 6.43. The smallest absolute Gasteiger partial charge is 0.317 e. The third kappa shape index (κ3) is 2.52. The molecule has 0 aromatic carbocycles. The summed E-state index contributed by atoms with van der Waals surface area (Å²) in [5.74, 6) is -5.44. The minimum absolute atomic E-state index is 0.0316. The Kier molecular flexibility index (Phi) is 3.54. The standard InChI is InChI=1S/C13H16O7/c1-13(12(18)19)4-6(2-7(5-13)10(15)16)8-3-9(14)20-11(8)17/h6-8H,2-5H2,1H3,(H,15,16)(H,18,19). The van der Waals surface area contributed by atoms with Crippen LogP contribution in [0.15, 0.2) is 0 Å². The Morgan fingerprint density at radius 1 is 1.25 bits per heavy atom. The van der Waals surface area contributed by atoms with Crippen molar-refractivity contribution < 1.29 is 34.1 Å². The molecule has 1 saturated heterocycles. The van der Waals surface area contributed by atoms with Gasteiger partial charge in [0.15, 0.2) is 0 Å². The minimum Gasteiger partial charge on any atom is -0.481 e. The number of carboxylic acids is 2. The van der Waals surface area contributed by atoms with Crippen molar-refractivity contribution >= 4 is 23.9 Å². The summed E-state index contributed by atoms with van der Waals surface area (Å²) in [6.45, 7) is 1.49. The van der Waals surface area contributed by atoms with Crippen molar-refractivity contribution in [1.29, 1.82) is 0 Å². The molecule has 0 radical (unpaired) electrons. The van der Waals surface area contributed by atoms with E-state index in [9.17, 15) is 24.3 Å². The number of carbonyl (C=O) groups is 4. The van der Waals surface area contributed by atoms with E-state index in [4.69, 9.17) is 5.11 Å². The summed E-state index contributed by atoms with van der Waals surface area (Å²) in [4.78, 5) is 45.3. The maximum Gasteiger partial charge on any atom is 0.317 e. The van der Waals surface area contributed by atoms with Crippen LogP contribution in [0.4, 0.5) is 0 Å². The Balaban J connectivity index is 2.24. The van der Waals surface area contributed by atoms with Gasteiger partial charge >= 0.3 is 23.9 Å². The first kappa shape index (κ1) is 14.5. The average molecular weight is 284 g/mol. The summed E-state index contributed by atoms with van der Waals surface area (Å²) in [5, 5.41) is 18.5. The molecule has 0 amide bonds. The average Bonchev–Trinajstić information content (AvgIpc) is 2.67. The summed E-state index contributed by atoms with van der Waals surface area (Å²) >= 11 is 0. The van der Waals surface area contributed by atoms with E-state index in [2.05, 4.69) is 4.74 Å². The van der Waals surface area contributed by atoms with Crippen molar-refractivity contribution in [3.63, 3.8) is 0 Å². The zero-order valence-electron chi connectivity index (χ0n) is 11.0. The zero-order valence-corrected chi connectivity index (χ0v) is 11.0. The summed E-state index contributed by atoms with van der Waals surface area (Å²) in [7, 11) is 0. The lowest BCUT2D eigenvalue weighted by molar-refractivity contribution is -0.161. The predicted octanol–water partition coefficient (Wildman–Crippen LogP) is 0.668. The van der Waals surface area contributed by atoms with Gasteiger partial charge in [0.05, 0.1) is 23.7 Å². The van der Waals surface area contributed by atoms with Crippen molar-refractivity contribution in [2.45, 2.75) is 32.6 Å². The van der Waals surface area contributed by atoms with Crippen LogP contribution in [0.25, 0.3) is 0 Å². The largest absolute Gasteiger partial charge is 0.481 e. The van der Waals surface area contributed by atoms with E-state index < -0.39 is 47.0 Å². The van der Waals surface area contributed by atoms with Gasteiger partial charge in [-0.1, -0.05) is 0 Å². The molecule has 20 heavy (non-hydrogen) atoms. The molecule has 0 aromatic heterocycles. The van der Waals surface area contributed by atoms with Gasteiger partial charge in [-0.3, -0.25) is 19.2 Å². The highest BCUT2D eigenvalue weighted by molar-refractivity contribution is 5.94.